The quantitative estimate of drug-likeness (QED) is 0.472. The van der Waals surface area contributed by atoms with Gasteiger partial charge < -0.3 is 23.5 Å². The number of pyridine rings is 1. The summed E-state index contributed by atoms with van der Waals surface area (Å²) in [7, 11) is 4.04. The van der Waals surface area contributed by atoms with Crippen LogP contribution in [0.2, 0.25) is 0 Å². The highest BCUT2D eigenvalue weighted by Gasteiger charge is 2.06. The summed E-state index contributed by atoms with van der Waals surface area (Å²) >= 11 is 0. The Balaban J connectivity index is 1.54. The van der Waals surface area contributed by atoms with Crippen molar-refractivity contribution >= 4 is 11.3 Å². The molecule has 0 amide bonds. The Bertz CT molecular complexity index is 865. The minimum atomic E-state index is -0.469. The van der Waals surface area contributed by atoms with E-state index in [1.165, 1.54) is 0 Å². The minimum Gasteiger partial charge on any atom is -0.490 e. The van der Waals surface area contributed by atoms with E-state index in [2.05, 4.69) is 34.1 Å². The second-order valence-corrected chi connectivity index (χ2v) is 6.46. The molecular formula is C21H26FN3O3. The second kappa shape index (κ2) is 10.1. The van der Waals surface area contributed by atoms with Crippen LogP contribution in [-0.4, -0.2) is 63.2 Å². The molecule has 0 atom stereocenters. The number of halogens is 1. The smallest absolute Gasteiger partial charge is 0.137 e. The monoisotopic (exact) mass is 387 g/mol. The zero-order valence-corrected chi connectivity index (χ0v) is 16.3. The van der Waals surface area contributed by atoms with Crippen LogP contribution < -0.4 is 9.64 Å². The molecule has 0 saturated carbocycles. The molecule has 3 rings (SSSR count). The van der Waals surface area contributed by atoms with Crippen molar-refractivity contribution in [2.45, 2.75) is 0 Å². The van der Waals surface area contributed by atoms with Gasteiger partial charge in [0.25, 0.3) is 0 Å². The van der Waals surface area contributed by atoms with Gasteiger partial charge in [0.2, 0.25) is 0 Å². The van der Waals surface area contributed by atoms with Crippen molar-refractivity contribution in [3.8, 4) is 17.0 Å². The molecule has 0 N–H and O–H groups in total. The Kier molecular flexibility index (Phi) is 7.22. The van der Waals surface area contributed by atoms with Crippen LogP contribution in [0.25, 0.3) is 16.9 Å². The van der Waals surface area contributed by atoms with E-state index in [-0.39, 0.29) is 6.61 Å². The van der Waals surface area contributed by atoms with Crippen LogP contribution >= 0.6 is 0 Å². The summed E-state index contributed by atoms with van der Waals surface area (Å²) in [6.07, 6.45) is 3.90. The van der Waals surface area contributed by atoms with Gasteiger partial charge in [-0.3, -0.25) is 0 Å². The van der Waals surface area contributed by atoms with Gasteiger partial charge in [0, 0.05) is 31.5 Å². The van der Waals surface area contributed by atoms with Crippen molar-refractivity contribution in [3.63, 3.8) is 0 Å². The van der Waals surface area contributed by atoms with Crippen molar-refractivity contribution in [3.05, 3.63) is 48.8 Å². The first kappa shape index (κ1) is 20.1. The number of rotatable bonds is 11. The number of hydrogen-bond acceptors (Lipinski definition) is 5. The van der Waals surface area contributed by atoms with Crippen LogP contribution in [0.15, 0.2) is 48.8 Å². The van der Waals surface area contributed by atoms with E-state index in [4.69, 9.17) is 14.2 Å². The van der Waals surface area contributed by atoms with Crippen molar-refractivity contribution < 1.29 is 18.6 Å². The molecule has 0 unspecified atom stereocenters. The maximum Gasteiger partial charge on any atom is 0.137 e. The first-order valence-electron chi connectivity index (χ1n) is 9.28. The van der Waals surface area contributed by atoms with Gasteiger partial charge in [0.05, 0.1) is 38.3 Å². The largest absolute Gasteiger partial charge is 0.490 e. The molecule has 0 spiro atoms. The molecule has 2 heterocycles. The lowest BCUT2D eigenvalue weighted by Gasteiger charge is -2.12. The molecule has 0 aliphatic carbocycles. The summed E-state index contributed by atoms with van der Waals surface area (Å²) in [6, 6.07) is 12.1. The lowest BCUT2D eigenvalue weighted by Crippen LogP contribution is -2.11. The predicted octanol–water partition coefficient (Wildman–Crippen LogP) is 3.45. The van der Waals surface area contributed by atoms with Crippen molar-refractivity contribution in [2.24, 2.45) is 0 Å². The van der Waals surface area contributed by atoms with Gasteiger partial charge in [-0.2, -0.15) is 0 Å². The molecule has 150 valence electrons. The van der Waals surface area contributed by atoms with Crippen LogP contribution in [-0.2, 0) is 9.47 Å². The average molecular weight is 387 g/mol. The highest BCUT2D eigenvalue weighted by molar-refractivity contribution is 5.65. The molecule has 28 heavy (non-hydrogen) atoms. The fourth-order valence-corrected chi connectivity index (χ4v) is 2.72. The van der Waals surface area contributed by atoms with E-state index >= 15 is 0 Å². The van der Waals surface area contributed by atoms with Crippen LogP contribution in [0.5, 0.6) is 5.75 Å². The lowest BCUT2D eigenvalue weighted by atomic mass is 10.1. The first-order valence-corrected chi connectivity index (χ1v) is 9.28. The molecule has 0 saturated heterocycles. The fraction of sp³-hybridized carbons (Fsp3) is 0.381. The summed E-state index contributed by atoms with van der Waals surface area (Å²) in [4.78, 5) is 6.74. The van der Waals surface area contributed by atoms with Gasteiger partial charge in [-0.1, -0.05) is 12.1 Å². The van der Waals surface area contributed by atoms with Crippen molar-refractivity contribution in [1.82, 2.24) is 9.38 Å². The Labute approximate surface area is 164 Å². The summed E-state index contributed by atoms with van der Waals surface area (Å²) < 4.78 is 29.9. The van der Waals surface area contributed by atoms with E-state index < -0.39 is 6.67 Å². The highest BCUT2D eigenvalue weighted by Crippen LogP contribution is 2.23. The molecule has 0 bridgehead atoms. The third kappa shape index (κ3) is 5.43. The Hall–Kier alpha value is -2.64. The lowest BCUT2D eigenvalue weighted by molar-refractivity contribution is 0.0325. The molecule has 3 aromatic rings. The highest BCUT2D eigenvalue weighted by atomic mass is 19.1. The van der Waals surface area contributed by atoms with Gasteiger partial charge in [-0.15, -0.1) is 0 Å². The molecule has 1 aromatic carbocycles. The molecule has 7 heteroatoms. The molecule has 6 nitrogen and oxygen atoms in total. The van der Waals surface area contributed by atoms with Gasteiger partial charge in [-0.05, 0) is 24.3 Å². The number of imidazole rings is 1. The van der Waals surface area contributed by atoms with E-state index in [1.54, 1.807) is 0 Å². The Morgan fingerprint density at radius 1 is 0.893 bits per heavy atom. The fourth-order valence-electron chi connectivity index (χ4n) is 2.72. The molecule has 2 aromatic heterocycles. The van der Waals surface area contributed by atoms with Crippen molar-refractivity contribution in [2.75, 3.05) is 58.7 Å². The topological polar surface area (TPSA) is 48.2 Å². The summed E-state index contributed by atoms with van der Waals surface area (Å²) in [5.41, 5.74) is 4.00. The number of nitrogens with zero attached hydrogens (tertiary/aromatic N) is 3. The van der Waals surface area contributed by atoms with E-state index in [0.717, 1.165) is 28.3 Å². The zero-order chi connectivity index (χ0) is 19.8. The van der Waals surface area contributed by atoms with Gasteiger partial charge in [-0.25, -0.2) is 9.37 Å². The van der Waals surface area contributed by atoms with Crippen LogP contribution in [0.4, 0.5) is 10.1 Å². The number of anilines is 1. The minimum absolute atomic E-state index is 0.118. The molecular weight excluding hydrogens is 361 g/mol. The average Bonchev–Trinajstić information content (AvgIpc) is 3.13. The summed E-state index contributed by atoms with van der Waals surface area (Å²) in [6.45, 7) is 1.35. The molecule has 0 aliphatic heterocycles. The number of fused-ring (bicyclic) bond motifs is 1. The standard InChI is InChI=1S/C21H26FN3O3/c1-24(2)18-5-3-17(4-6-18)20-16-25-15-19(7-8-21(25)23-20)28-14-13-27-12-11-26-10-9-22/h3-8,15-16H,9-14H2,1-2H3. The molecule has 0 aliphatic rings. The van der Waals surface area contributed by atoms with Crippen LogP contribution in [0.1, 0.15) is 0 Å². The summed E-state index contributed by atoms with van der Waals surface area (Å²) in [5, 5.41) is 0. The van der Waals surface area contributed by atoms with Crippen LogP contribution in [0.3, 0.4) is 0 Å². The van der Waals surface area contributed by atoms with Gasteiger partial charge >= 0.3 is 0 Å². The maximum atomic E-state index is 11.9. The summed E-state index contributed by atoms with van der Waals surface area (Å²) in [5.74, 6) is 0.747. The second-order valence-electron chi connectivity index (χ2n) is 6.46. The van der Waals surface area contributed by atoms with Crippen molar-refractivity contribution in [1.29, 1.82) is 0 Å². The van der Waals surface area contributed by atoms with Crippen LogP contribution in [0, 0.1) is 0 Å². The Morgan fingerprint density at radius 2 is 1.61 bits per heavy atom. The third-order valence-corrected chi connectivity index (χ3v) is 4.19. The third-order valence-electron chi connectivity index (χ3n) is 4.19. The predicted molar refractivity (Wildman–Crippen MR) is 108 cm³/mol. The zero-order valence-electron chi connectivity index (χ0n) is 16.3. The Morgan fingerprint density at radius 3 is 2.32 bits per heavy atom. The SMILES string of the molecule is CN(C)c1ccc(-c2cn3cc(OCCOCCOCCF)ccc3n2)cc1. The van der Waals surface area contributed by atoms with Gasteiger partial charge in [0.1, 0.15) is 24.7 Å². The molecule has 0 radical (unpaired) electrons. The molecule has 0 fully saturated rings. The maximum absolute atomic E-state index is 11.9. The number of alkyl halides is 1. The van der Waals surface area contributed by atoms with E-state index in [9.17, 15) is 4.39 Å². The van der Waals surface area contributed by atoms with E-state index in [1.807, 2.05) is 43.0 Å². The van der Waals surface area contributed by atoms with Gasteiger partial charge in [0.15, 0.2) is 0 Å². The number of benzene rings is 1. The number of aromatic nitrogens is 2. The first-order chi connectivity index (χ1) is 13.7. The van der Waals surface area contributed by atoms with E-state index in [0.29, 0.717) is 26.4 Å². The number of ether oxygens (including phenoxy) is 3. The normalized spacial score (nSPS) is 11.1. The number of hydrogen-bond donors (Lipinski definition) is 0.